The molecule has 0 saturated heterocycles. The van der Waals surface area contributed by atoms with Gasteiger partial charge < -0.3 is 0 Å². The molecule has 0 heteroatoms. The van der Waals surface area contributed by atoms with Crippen molar-refractivity contribution in [1.29, 1.82) is 0 Å². The molecule has 0 aliphatic rings. The van der Waals surface area contributed by atoms with Crippen LogP contribution in [0.3, 0.4) is 0 Å². The van der Waals surface area contributed by atoms with Gasteiger partial charge in [0.1, 0.15) is 0 Å². The fraction of sp³-hybridized carbons (Fsp3) is 0.333. The highest BCUT2D eigenvalue weighted by atomic mass is 13.9. The molecule has 2 radical (unpaired) electrons. The van der Waals surface area contributed by atoms with E-state index in [9.17, 15) is 0 Å². The largest absolute Gasteiger partial charge is 0.0613 e. The lowest BCUT2D eigenvalue weighted by molar-refractivity contribution is 1.13. The summed E-state index contributed by atoms with van der Waals surface area (Å²) in [6, 6.07) is 10.2. The van der Waals surface area contributed by atoms with Gasteiger partial charge in [-0.2, -0.15) is 0 Å². The average Bonchev–Trinajstić information content (AvgIpc) is 1.88. The number of rotatable bonds is 1. The van der Waals surface area contributed by atoms with E-state index in [4.69, 9.17) is 0 Å². The lowest BCUT2D eigenvalue weighted by atomic mass is 10.1. The summed E-state index contributed by atoms with van der Waals surface area (Å²) in [5, 5.41) is 0. The molecule has 46 valence electrons. The van der Waals surface area contributed by atoms with Gasteiger partial charge in [0, 0.05) is 0 Å². The van der Waals surface area contributed by atoms with E-state index in [0.29, 0.717) is 0 Å². The first-order chi connectivity index (χ1) is 4.33. The SMILES string of the molecule is CCc1[c]c(C)c[c]c1. The maximum Gasteiger partial charge on any atom is -0.0117 e. The van der Waals surface area contributed by atoms with Crippen LogP contribution in [0.25, 0.3) is 0 Å². The summed E-state index contributed by atoms with van der Waals surface area (Å²) in [4.78, 5) is 0. The fourth-order valence-electron chi connectivity index (χ4n) is 0.783. The predicted molar refractivity (Wildman–Crippen MR) is 38.2 cm³/mol. The summed E-state index contributed by atoms with van der Waals surface area (Å²) in [5.41, 5.74) is 2.42. The minimum Gasteiger partial charge on any atom is -0.0613 e. The van der Waals surface area contributed by atoms with Gasteiger partial charge in [0.15, 0.2) is 0 Å². The van der Waals surface area contributed by atoms with Gasteiger partial charge in [0.05, 0.1) is 0 Å². The van der Waals surface area contributed by atoms with Crippen LogP contribution < -0.4 is 0 Å². The second kappa shape index (κ2) is 2.67. The van der Waals surface area contributed by atoms with Crippen LogP contribution in [0.15, 0.2) is 12.1 Å². The third-order valence-corrected chi connectivity index (χ3v) is 1.30. The summed E-state index contributed by atoms with van der Waals surface area (Å²) < 4.78 is 0. The van der Waals surface area contributed by atoms with E-state index in [0.717, 1.165) is 6.42 Å². The Bertz CT molecular complexity index is 189. The van der Waals surface area contributed by atoms with Crippen molar-refractivity contribution in [2.75, 3.05) is 0 Å². The summed E-state index contributed by atoms with van der Waals surface area (Å²) in [7, 11) is 0. The van der Waals surface area contributed by atoms with Crippen LogP contribution in [-0.2, 0) is 6.42 Å². The fourth-order valence-corrected chi connectivity index (χ4v) is 0.783. The Labute approximate surface area is 56.5 Å². The number of hydrogen-bond acceptors (Lipinski definition) is 0. The Morgan fingerprint density at radius 1 is 1.44 bits per heavy atom. The van der Waals surface area contributed by atoms with Gasteiger partial charge in [-0.25, -0.2) is 0 Å². The topological polar surface area (TPSA) is 0 Å². The Morgan fingerprint density at radius 2 is 2.22 bits per heavy atom. The van der Waals surface area contributed by atoms with E-state index < -0.39 is 0 Å². The third-order valence-electron chi connectivity index (χ3n) is 1.30. The minimum absolute atomic E-state index is 1.05. The van der Waals surface area contributed by atoms with Crippen molar-refractivity contribution in [2.45, 2.75) is 20.3 Å². The van der Waals surface area contributed by atoms with Crippen LogP contribution in [0.4, 0.5) is 0 Å². The van der Waals surface area contributed by atoms with Crippen molar-refractivity contribution in [3.05, 3.63) is 35.4 Å². The molecule has 0 aromatic heterocycles. The van der Waals surface area contributed by atoms with Crippen molar-refractivity contribution in [3.63, 3.8) is 0 Å². The molecular weight excluding hydrogens is 108 g/mol. The lowest BCUT2D eigenvalue weighted by Gasteiger charge is -1.93. The monoisotopic (exact) mass is 118 g/mol. The normalized spacial score (nSPS) is 9.56. The molecule has 0 aliphatic heterocycles. The molecule has 0 saturated carbocycles. The summed E-state index contributed by atoms with van der Waals surface area (Å²) in [5.74, 6) is 0. The van der Waals surface area contributed by atoms with E-state index in [1.807, 2.05) is 19.1 Å². The van der Waals surface area contributed by atoms with E-state index in [1.54, 1.807) is 0 Å². The molecule has 0 unspecified atom stereocenters. The van der Waals surface area contributed by atoms with Gasteiger partial charge in [-0.1, -0.05) is 19.1 Å². The van der Waals surface area contributed by atoms with Crippen molar-refractivity contribution in [2.24, 2.45) is 0 Å². The second-order valence-electron chi connectivity index (χ2n) is 2.14. The number of hydrogen-bond donors (Lipinski definition) is 0. The van der Waals surface area contributed by atoms with Crippen molar-refractivity contribution < 1.29 is 0 Å². The maximum atomic E-state index is 3.23. The summed E-state index contributed by atoms with van der Waals surface area (Å²) in [6.07, 6.45) is 1.05. The highest BCUT2D eigenvalue weighted by Gasteiger charge is 1.87. The van der Waals surface area contributed by atoms with Gasteiger partial charge in [0.2, 0.25) is 0 Å². The lowest BCUT2D eigenvalue weighted by Crippen LogP contribution is -1.80. The standard InChI is InChI=1S/C9H10/c1-3-9-6-4-5-8(2)7-9/h5-6H,3H2,1-2H3. The first kappa shape index (κ1) is 6.34. The highest BCUT2D eigenvalue weighted by Crippen LogP contribution is 2.01. The summed E-state index contributed by atoms with van der Waals surface area (Å²) in [6.45, 7) is 4.16. The van der Waals surface area contributed by atoms with Gasteiger partial charge in [-0.15, -0.1) is 0 Å². The Hall–Kier alpha value is -0.780. The van der Waals surface area contributed by atoms with Crippen LogP contribution >= 0.6 is 0 Å². The van der Waals surface area contributed by atoms with Crippen LogP contribution in [0.1, 0.15) is 18.1 Å². The van der Waals surface area contributed by atoms with E-state index in [2.05, 4.69) is 19.1 Å². The summed E-state index contributed by atoms with van der Waals surface area (Å²) >= 11 is 0. The third kappa shape index (κ3) is 1.56. The molecule has 0 amide bonds. The zero-order valence-electron chi connectivity index (χ0n) is 5.86. The Morgan fingerprint density at radius 3 is 2.67 bits per heavy atom. The van der Waals surface area contributed by atoms with Crippen molar-refractivity contribution in [1.82, 2.24) is 0 Å². The molecule has 0 nitrogen and oxygen atoms in total. The molecule has 0 aliphatic carbocycles. The molecule has 0 atom stereocenters. The number of aryl methyl sites for hydroxylation is 2. The molecule has 1 aromatic rings. The highest BCUT2D eigenvalue weighted by molar-refractivity contribution is 5.19. The zero-order chi connectivity index (χ0) is 6.69. The van der Waals surface area contributed by atoms with Crippen LogP contribution in [-0.4, -0.2) is 0 Å². The molecule has 1 rings (SSSR count). The molecule has 0 bridgehead atoms. The molecule has 0 spiro atoms. The van der Waals surface area contributed by atoms with Gasteiger partial charge in [0.25, 0.3) is 0 Å². The second-order valence-corrected chi connectivity index (χ2v) is 2.14. The number of benzene rings is 1. The van der Waals surface area contributed by atoms with Gasteiger partial charge in [-0.3, -0.25) is 0 Å². The van der Waals surface area contributed by atoms with E-state index in [1.165, 1.54) is 11.1 Å². The molecule has 0 fully saturated rings. The van der Waals surface area contributed by atoms with E-state index >= 15 is 0 Å². The molecule has 0 heterocycles. The zero-order valence-corrected chi connectivity index (χ0v) is 5.86. The van der Waals surface area contributed by atoms with Crippen LogP contribution in [0.5, 0.6) is 0 Å². The Kier molecular flexibility index (Phi) is 1.88. The minimum atomic E-state index is 1.05. The van der Waals surface area contributed by atoms with Gasteiger partial charge in [-0.05, 0) is 36.6 Å². The predicted octanol–water partition coefficient (Wildman–Crippen LogP) is 2.16. The molecule has 9 heavy (non-hydrogen) atoms. The van der Waals surface area contributed by atoms with Crippen LogP contribution in [0.2, 0.25) is 0 Å². The Balaban J connectivity index is 2.94. The quantitative estimate of drug-likeness (QED) is 0.530. The first-order valence-corrected chi connectivity index (χ1v) is 3.22. The molecule has 0 N–H and O–H groups in total. The average molecular weight is 118 g/mol. The van der Waals surface area contributed by atoms with Crippen molar-refractivity contribution in [3.8, 4) is 0 Å². The first-order valence-electron chi connectivity index (χ1n) is 3.22. The van der Waals surface area contributed by atoms with E-state index in [-0.39, 0.29) is 0 Å². The molecular formula is C9H10. The van der Waals surface area contributed by atoms with Crippen molar-refractivity contribution >= 4 is 0 Å². The molecule has 1 aromatic carbocycles. The smallest absolute Gasteiger partial charge is 0.0117 e. The van der Waals surface area contributed by atoms with Gasteiger partial charge >= 0.3 is 0 Å². The maximum absolute atomic E-state index is 3.23. The van der Waals surface area contributed by atoms with Crippen LogP contribution in [0, 0.1) is 19.1 Å².